The Labute approximate surface area is 134 Å². The third kappa shape index (κ3) is 5.42. The summed E-state index contributed by atoms with van der Waals surface area (Å²) in [5, 5.41) is 2.84. The van der Waals surface area contributed by atoms with E-state index in [0.29, 0.717) is 13.2 Å². The standard InChI is InChI=1S/C17H19NO3S/c1-22-16-10-6-5-9-15(16)18-17(19)13-20-11-12-21-14-7-3-2-4-8-14/h2-10H,11-13H2,1H3,(H,18,19). The molecule has 0 fully saturated rings. The van der Waals surface area contributed by atoms with E-state index in [9.17, 15) is 4.79 Å². The van der Waals surface area contributed by atoms with Gasteiger partial charge in [-0.25, -0.2) is 0 Å². The van der Waals surface area contributed by atoms with Gasteiger partial charge in [0.2, 0.25) is 5.91 Å². The van der Waals surface area contributed by atoms with Crippen LogP contribution < -0.4 is 10.1 Å². The van der Waals surface area contributed by atoms with E-state index in [1.807, 2.05) is 60.9 Å². The number of amides is 1. The molecule has 0 bridgehead atoms. The molecule has 0 spiro atoms. The fourth-order valence-electron chi connectivity index (χ4n) is 1.83. The lowest BCUT2D eigenvalue weighted by Crippen LogP contribution is -2.20. The smallest absolute Gasteiger partial charge is 0.250 e. The maximum Gasteiger partial charge on any atom is 0.250 e. The lowest BCUT2D eigenvalue weighted by Gasteiger charge is -2.10. The minimum atomic E-state index is -0.166. The summed E-state index contributed by atoms with van der Waals surface area (Å²) in [7, 11) is 0. The molecule has 5 heteroatoms. The first kappa shape index (κ1) is 16.4. The van der Waals surface area contributed by atoms with Crippen LogP contribution >= 0.6 is 11.8 Å². The number of carbonyl (C=O) groups is 1. The number of hydrogen-bond acceptors (Lipinski definition) is 4. The predicted molar refractivity (Wildman–Crippen MR) is 89.6 cm³/mol. The lowest BCUT2D eigenvalue weighted by atomic mass is 10.3. The predicted octanol–water partition coefficient (Wildman–Crippen LogP) is 3.44. The average Bonchev–Trinajstić information content (AvgIpc) is 2.56. The first-order valence-electron chi connectivity index (χ1n) is 6.98. The second-order valence-corrected chi connectivity index (χ2v) is 5.31. The van der Waals surface area contributed by atoms with E-state index in [4.69, 9.17) is 9.47 Å². The fourth-order valence-corrected chi connectivity index (χ4v) is 2.39. The van der Waals surface area contributed by atoms with Gasteiger partial charge in [-0.3, -0.25) is 4.79 Å². The molecule has 0 aliphatic heterocycles. The maximum atomic E-state index is 11.8. The molecule has 0 saturated heterocycles. The van der Waals surface area contributed by atoms with Crippen LogP contribution in [-0.2, 0) is 9.53 Å². The minimum Gasteiger partial charge on any atom is -0.491 e. The molecular formula is C17H19NO3S. The Hall–Kier alpha value is -1.98. The Balaban J connectivity index is 1.65. The van der Waals surface area contributed by atoms with E-state index in [1.54, 1.807) is 11.8 Å². The van der Waals surface area contributed by atoms with Crippen LogP contribution in [0.3, 0.4) is 0 Å². The largest absolute Gasteiger partial charge is 0.491 e. The van der Waals surface area contributed by atoms with Gasteiger partial charge in [0.1, 0.15) is 19.0 Å². The van der Waals surface area contributed by atoms with Crippen molar-refractivity contribution in [2.75, 3.05) is 31.4 Å². The number of benzene rings is 2. The van der Waals surface area contributed by atoms with Gasteiger partial charge in [-0.15, -0.1) is 11.8 Å². The Morgan fingerprint density at radius 1 is 1.05 bits per heavy atom. The van der Waals surface area contributed by atoms with E-state index in [1.165, 1.54) is 0 Å². The number of thioether (sulfide) groups is 1. The number of ether oxygens (including phenoxy) is 2. The van der Waals surface area contributed by atoms with Gasteiger partial charge in [-0.2, -0.15) is 0 Å². The van der Waals surface area contributed by atoms with Crippen molar-refractivity contribution in [2.45, 2.75) is 4.90 Å². The molecule has 0 aromatic heterocycles. The summed E-state index contributed by atoms with van der Waals surface area (Å²) < 4.78 is 10.8. The molecule has 22 heavy (non-hydrogen) atoms. The molecular weight excluding hydrogens is 298 g/mol. The van der Waals surface area contributed by atoms with Gasteiger partial charge in [-0.1, -0.05) is 30.3 Å². The van der Waals surface area contributed by atoms with Crippen LogP contribution in [0, 0.1) is 0 Å². The van der Waals surface area contributed by atoms with Crippen LogP contribution in [-0.4, -0.2) is 32.0 Å². The molecule has 2 aromatic rings. The van der Waals surface area contributed by atoms with Gasteiger partial charge in [0.25, 0.3) is 0 Å². The first-order valence-corrected chi connectivity index (χ1v) is 8.20. The van der Waals surface area contributed by atoms with Gasteiger partial charge in [0.05, 0.1) is 12.3 Å². The summed E-state index contributed by atoms with van der Waals surface area (Å²) in [6.07, 6.45) is 1.97. The number of hydrogen-bond donors (Lipinski definition) is 1. The monoisotopic (exact) mass is 317 g/mol. The molecule has 2 aromatic carbocycles. The third-order valence-corrected chi connectivity index (χ3v) is 3.65. The molecule has 0 atom stereocenters. The molecule has 0 radical (unpaired) electrons. The van der Waals surface area contributed by atoms with Crippen LogP contribution in [0.2, 0.25) is 0 Å². The van der Waals surface area contributed by atoms with Crippen molar-refractivity contribution in [1.29, 1.82) is 0 Å². The van der Waals surface area contributed by atoms with Crippen molar-refractivity contribution in [2.24, 2.45) is 0 Å². The van der Waals surface area contributed by atoms with E-state index < -0.39 is 0 Å². The second kappa shape index (κ2) is 9.12. The molecule has 0 saturated carbocycles. The molecule has 0 aliphatic carbocycles. The quantitative estimate of drug-likeness (QED) is 0.598. The zero-order valence-corrected chi connectivity index (χ0v) is 13.3. The number of nitrogens with one attached hydrogen (secondary N) is 1. The number of carbonyl (C=O) groups excluding carboxylic acids is 1. The molecule has 116 valence electrons. The first-order chi connectivity index (χ1) is 10.8. The third-order valence-electron chi connectivity index (χ3n) is 2.85. The maximum absolute atomic E-state index is 11.8. The molecule has 0 heterocycles. The molecule has 4 nitrogen and oxygen atoms in total. The van der Waals surface area contributed by atoms with E-state index >= 15 is 0 Å². The van der Waals surface area contributed by atoms with E-state index in [2.05, 4.69) is 5.32 Å². The average molecular weight is 317 g/mol. The van der Waals surface area contributed by atoms with Crippen LogP contribution in [0.4, 0.5) is 5.69 Å². The highest BCUT2D eigenvalue weighted by Gasteiger charge is 2.06. The summed E-state index contributed by atoms with van der Waals surface area (Å²) in [6.45, 7) is 0.798. The summed E-state index contributed by atoms with van der Waals surface area (Å²) in [5.41, 5.74) is 0.809. The molecule has 1 N–H and O–H groups in total. The summed E-state index contributed by atoms with van der Waals surface area (Å²) in [5.74, 6) is 0.630. The number of anilines is 1. The number of para-hydroxylation sites is 2. The molecule has 0 unspecified atom stereocenters. The SMILES string of the molecule is CSc1ccccc1NC(=O)COCCOc1ccccc1. The van der Waals surface area contributed by atoms with Gasteiger partial charge >= 0.3 is 0 Å². The van der Waals surface area contributed by atoms with Crippen molar-refractivity contribution in [3.63, 3.8) is 0 Å². The lowest BCUT2D eigenvalue weighted by molar-refractivity contribution is -0.120. The zero-order valence-electron chi connectivity index (χ0n) is 12.5. The molecule has 1 amide bonds. The normalized spacial score (nSPS) is 10.2. The Morgan fingerprint density at radius 3 is 2.55 bits per heavy atom. The van der Waals surface area contributed by atoms with Crippen molar-refractivity contribution in [3.8, 4) is 5.75 Å². The minimum absolute atomic E-state index is 0.0147. The topological polar surface area (TPSA) is 47.6 Å². The Kier molecular flexibility index (Phi) is 6.80. The second-order valence-electron chi connectivity index (χ2n) is 4.46. The Bertz CT molecular complexity index is 589. The van der Waals surface area contributed by atoms with Crippen LogP contribution in [0.5, 0.6) is 5.75 Å². The van der Waals surface area contributed by atoms with Gasteiger partial charge in [0.15, 0.2) is 0 Å². The van der Waals surface area contributed by atoms with E-state index in [-0.39, 0.29) is 12.5 Å². The van der Waals surface area contributed by atoms with Crippen molar-refractivity contribution < 1.29 is 14.3 Å². The van der Waals surface area contributed by atoms with Crippen molar-refractivity contribution in [1.82, 2.24) is 0 Å². The van der Waals surface area contributed by atoms with Crippen molar-refractivity contribution in [3.05, 3.63) is 54.6 Å². The fraction of sp³-hybridized carbons (Fsp3) is 0.235. The summed E-state index contributed by atoms with van der Waals surface area (Å²) in [6, 6.07) is 17.2. The highest BCUT2D eigenvalue weighted by molar-refractivity contribution is 7.98. The molecule has 0 aliphatic rings. The van der Waals surface area contributed by atoms with E-state index in [0.717, 1.165) is 16.3 Å². The Morgan fingerprint density at radius 2 is 1.77 bits per heavy atom. The van der Waals surface area contributed by atoms with Crippen LogP contribution in [0.1, 0.15) is 0 Å². The van der Waals surface area contributed by atoms with Crippen molar-refractivity contribution >= 4 is 23.4 Å². The van der Waals surface area contributed by atoms with Crippen LogP contribution in [0.25, 0.3) is 0 Å². The summed E-state index contributed by atoms with van der Waals surface area (Å²) in [4.78, 5) is 12.9. The van der Waals surface area contributed by atoms with Gasteiger partial charge in [-0.05, 0) is 30.5 Å². The molecule has 2 rings (SSSR count). The van der Waals surface area contributed by atoms with Gasteiger partial charge < -0.3 is 14.8 Å². The highest BCUT2D eigenvalue weighted by Crippen LogP contribution is 2.24. The summed E-state index contributed by atoms with van der Waals surface area (Å²) >= 11 is 1.59. The van der Waals surface area contributed by atoms with Gasteiger partial charge in [0, 0.05) is 4.90 Å². The highest BCUT2D eigenvalue weighted by atomic mass is 32.2. The number of rotatable bonds is 8. The van der Waals surface area contributed by atoms with Crippen LogP contribution in [0.15, 0.2) is 59.5 Å². The zero-order chi connectivity index (χ0) is 15.6.